The van der Waals surface area contributed by atoms with Crippen molar-refractivity contribution in [2.24, 2.45) is 11.7 Å². The number of nitrogens with two attached hydrogens (primary N) is 1. The molecule has 1 aliphatic rings. The van der Waals surface area contributed by atoms with Crippen LogP contribution in [0.15, 0.2) is 41.8 Å². The Balaban J connectivity index is 1.67. The summed E-state index contributed by atoms with van der Waals surface area (Å²) in [7, 11) is 0. The van der Waals surface area contributed by atoms with Crippen molar-refractivity contribution in [1.82, 2.24) is 4.90 Å². The van der Waals surface area contributed by atoms with Crippen LogP contribution in [0.5, 0.6) is 0 Å². The number of likely N-dealkylation sites (tertiary alicyclic amines) is 1. The third-order valence-corrected chi connectivity index (χ3v) is 5.04. The third kappa shape index (κ3) is 3.04. The Kier molecular flexibility index (Phi) is 4.24. The Morgan fingerprint density at radius 3 is 2.32 bits per heavy atom. The summed E-state index contributed by atoms with van der Waals surface area (Å²) in [5.74, 6) is -0.321. The van der Waals surface area contributed by atoms with Gasteiger partial charge in [0, 0.05) is 29.4 Å². The monoisotopic (exact) mass is 314 g/mol. The number of amides is 2. The number of carbonyl (C=O) groups excluding carboxylic acids is 2. The summed E-state index contributed by atoms with van der Waals surface area (Å²) in [6, 6.07) is 11.8. The number of hydrogen-bond acceptors (Lipinski definition) is 3. The lowest BCUT2D eigenvalue weighted by molar-refractivity contribution is -0.123. The van der Waals surface area contributed by atoms with Crippen molar-refractivity contribution in [3.8, 4) is 10.4 Å². The second kappa shape index (κ2) is 6.32. The van der Waals surface area contributed by atoms with Gasteiger partial charge in [-0.1, -0.05) is 18.2 Å². The molecule has 0 bridgehead atoms. The SMILES string of the molecule is NC(=O)C1CCN(C(=O)c2ccc(-c3cccs3)cc2)CC1. The van der Waals surface area contributed by atoms with Crippen molar-refractivity contribution >= 4 is 23.2 Å². The molecule has 1 aliphatic heterocycles. The number of benzene rings is 1. The molecule has 2 amide bonds. The van der Waals surface area contributed by atoms with Crippen LogP contribution in [0.3, 0.4) is 0 Å². The van der Waals surface area contributed by atoms with Crippen LogP contribution in [0.4, 0.5) is 0 Å². The topological polar surface area (TPSA) is 63.4 Å². The maximum atomic E-state index is 12.5. The standard InChI is InChI=1S/C17H18N2O2S/c18-16(20)13-7-9-19(10-8-13)17(21)14-5-3-12(4-6-14)15-2-1-11-22-15/h1-6,11,13H,7-10H2,(H2,18,20). The zero-order chi connectivity index (χ0) is 15.5. The van der Waals surface area contributed by atoms with Gasteiger partial charge in [0.05, 0.1) is 0 Å². The molecular formula is C17H18N2O2S. The maximum absolute atomic E-state index is 12.5. The van der Waals surface area contributed by atoms with Gasteiger partial charge in [-0.05, 0) is 42.0 Å². The van der Waals surface area contributed by atoms with Gasteiger partial charge in [-0.3, -0.25) is 9.59 Å². The second-order valence-corrected chi connectivity index (χ2v) is 6.47. The lowest BCUT2D eigenvalue weighted by Crippen LogP contribution is -2.41. The summed E-state index contributed by atoms with van der Waals surface area (Å²) in [5.41, 5.74) is 7.14. The molecule has 114 valence electrons. The molecule has 0 radical (unpaired) electrons. The zero-order valence-electron chi connectivity index (χ0n) is 12.2. The minimum atomic E-state index is -0.257. The van der Waals surface area contributed by atoms with Gasteiger partial charge in [-0.25, -0.2) is 0 Å². The Bertz CT molecular complexity index is 656. The van der Waals surface area contributed by atoms with Gasteiger partial charge in [0.2, 0.25) is 5.91 Å². The van der Waals surface area contributed by atoms with Gasteiger partial charge in [0.1, 0.15) is 0 Å². The van der Waals surface area contributed by atoms with E-state index in [-0.39, 0.29) is 17.7 Å². The molecule has 3 rings (SSSR count). The molecule has 0 aliphatic carbocycles. The molecule has 0 spiro atoms. The molecule has 0 unspecified atom stereocenters. The Hall–Kier alpha value is -2.14. The van der Waals surface area contributed by atoms with Crippen molar-refractivity contribution < 1.29 is 9.59 Å². The van der Waals surface area contributed by atoms with Crippen LogP contribution in [0.2, 0.25) is 0 Å². The molecule has 1 aromatic heterocycles. The van der Waals surface area contributed by atoms with E-state index in [1.165, 1.54) is 4.88 Å². The highest BCUT2D eigenvalue weighted by Crippen LogP contribution is 2.25. The number of piperidine rings is 1. The molecule has 0 saturated carbocycles. The number of carbonyl (C=O) groups is 2. The van der Waals surface area contributed by atoms with E-state index < -0.39 is 0 Å². The predicted molar refractivity (Wildman–Crippen MR) is 87.6 cm³/mol. The predicted octanol–water partition coefficient (Wildman–Crippen LogP) is 2.75. The molecule has 5 heteroatoms. The maximum Gasteiger partial charge on any atom is 0.253 e. The molecule has 2 N–H and O–H groups in total. The Morgan fingerprint density at radius 2 is 1.77 bits per heavy atom. The lowest BCUT2D eigenvalue weighted by atomic mass is 9.96. The minimum Gasteiger partial charge on any atom is -0.369 e. The van der Waals surface area contributed by atoms with Gasteiger partial charge in [0.25, 0.3) is 5.91 Å². The number of hydrogen-bond donors (Lipinski definition) is 1. The van der Waals surface area contributed by atoms with E-state index in [2.05, 4.69) is 6.07 Å². The van der Waals surface area contributed by atoms with Crippen LogP contribution in [-0.4, -0.2) is 29.8 Å². The van der Waals surface area contributed by atoms with Crippen molar-refractivity contribution in [2.75, 3.05) is 13.1 Å². The molecule has 1 aromatic carbocycles. The summed E-state index contributed by atoms with van der Waals surface area (Å²) < 4.78 is 0. The molecule has 4 nitrogen and oxygen atoms in total. The van der Waals surface area contributed by atoms with E-state index in [0.717, 1.165) is 5.56 Å². The van der Waals surface area contributed by atoms with Gasteiger partial charge >= 0.3 is 0 Å². The highest BCUT2D eigenvalue weighted by molar-refractivity contribution is 7.13. The second-order valence-electron chi connectivity index (χ2n) is 5.52. The van der Waals surface area contributed by atoms with E-state index >= 15 is 0 Å². The summed E-state index contributed by atoms with van der Waals surface area (Å²) in [4.78, 5) is 26.7. The Morgan fingerprint density at radius 1 is 1.09 bits per heavy atom. The fourth-order valence-corrected chi connectivity index (χ4v) is 3.50. The number of primary amides is 1. The number of nitrogens with zero attached hydrogens (tertiary/aromatic N) is 1. The van der Waals surface area contributed by atoms with Crippen molar-refractivity contribution in [2.45, 2.75) is 12.8 Å². The number of thiophene rings is 1. The fourth-order valence-electron chi connectivity index (χ4n) is 2.77. The van der Waals surface area contributed by atoms with Gasteiger partial charge < -0.3 is 10.6 Å². The van der Waals surface area contributed by atoms with Crippen molar-refractivity contribution in [3.05, 3.63) is 47.3 Å². The van der Waals surface area contributed by atoms with E-state index in [9.17, 15) is 9.59 Å². The quantitative estimate of drug-likeness (QED) is 0.947. The molecule has 1 saturated heterocycles. The number of rotatable bonds is 3. The first-order valence-corrected chi connectivity index (χ1v) is 8.25. The molecule has 0 atom stereocenters. The summed E-state index contributed by atoms with van der Waals surface area (Å²) in [5, 5.41) is 2.04. The van der Waals surface area contributed by atoms with Gasteiger partial charge in [0.15, 0.2) is 0 Å². The fraction of sp³-hybridized carbons (Fsp3) is 0.294. The van der Waals surface area contributed by atoms with Crippen molar-refractivity contribution in [1.29, 1.82) is 0 Å². The average Bonchev–Trinajstić information content (AvgIpc) is 3.09. The Labute approximate surface area is 133 Å². The van der Waals surface area contributed by atoms with Crippen LogP contribution in [0.25, 0.3) is 10.4 Å². The van der Waals surface area contributed by atoms with Crippen LogP contribution < -0.4 is 5.73 Å². The van der Waals surface area contributed by atoms with Crippen LogP contribution >= 0.6 is 11.3 Å². The summed E-state index contributed by atoms with van der Waals surface area (Å²) in [6.07, 6.45) is 1.32. The van der Waals surface area contributed by atoms with Crippen LogP contribution in [0.1, 0.15) is 23.2 Å². The molecule has 2 heterocycles. The summed E-state index contributed by atoms with van der Waals surface area (Å²) in [6.45, 7) is 1.19. The van der Waals surface area contributed by atoms with E-state index in [1.807, 2.05) is 35.7 Å². The minimum absolute atomic E-state index is 0.0284. The largest absolute Gasteiger partial charge is 0.369 e. The normalized spacial score (nSPS) is 15.7. The van der Waals surface area contributed by atoms with E-state index in [4.69, 9.17) is 5.73 Å². The highest BCUT2D eigenvalue weighted by atomic mass is 32.1. The lowest BCUT2D eigenvalue weighted by Gasteiger charge is -2.30. The first-order chi connectivity index (χ1) is 10.6. The first-order valence-electron chi connectivity index (χ1n) is 7.37. The van der Waals surface area contributed by atoms with E-state index in [1.54, 1.807) is 16.2 Å². The molecule has 22 heavy (non-hydrogen) atoms. The molecule has 2 aromatic rings. The van der Waals surface area contributed by atoms with Gasteiger partial charge in [-0.2, -0.15) is 0 Å². The third-order valence-electron chi connectivity index (χ3n) is 4.12. The molecule has 1 fully saturated rings. The van der Waals surface area contributed by atoms with Gasteiger partial charge in [-0.15, -0.1) is 11.3 Å². The van der Waals surface area contributed by atoms with Crippen molar-refractivity contribution in [3.63, 3.8) is 0 Å². The molecular weight excluding hydrogens is 296 g/mol. The first kappa shape index (κ1) is 14.8. The average molecular weight is 314 g/mol. The highest BCUT2D eigenvalue weighted by Gasteiger charge is 2.26. The summed E-state index contributed by atoms with van der Waals surface area (Å²) >= 11 is 1.68. The van der Waals surface area contributed by atoms with Crippen LogP contribution in [-0.2, 0) is 4.79 Å². The van der Waals surface area contributed by atoms with Crippen LogP contribution in [0, 0.1) is 5.92 Å². The smallest absolute Gasteiger partial charge is 0.253 e. The zero-order valence-corrected chi connectivity index (χ0v) is 13.0. The van der Waals surface area contributed by atoms with E-state index in [0.29, 0.717) is 31.5 Å².